The maximum absolute atomic E-state index is 8.82. The molecular formula is C17H14N2. The minimum absolute atomic E-state index is 0.306. The summed E-state index contributed by atoms with van der Waals surface area (Å²) in [6.07, 6.45) is 0.984. The standard InChI is InChI=1S/C17H14N2/c1-2-17(15-7-3-13(11-18)4-8-15)16-9-5-14(12-19)6-10-16/h3-10,17H,2H2,1H3. The van der Waals surface area contributed by atoms with Crippen molar-refractivity contribution in [1.82, 2.24) is 0 Å². The first-order chi connectivity index (χ1) is 9.28. The monoisotopic (exact) mass is 246 g/mol. The van der Waals surface area contributed by atoms with E-state index >= 15 is 0 Å². The zero-order chi connectivity index (χ0) is 13.7. The van der Waals surface area contributed by atoms with Gasteiger partial charge in [0.15, 0.2) is 0 Å². The third-order valence-corrected chi connectivity index (χ3v) is 3.29. The van der Waals surface area contributed by atoms with E-state index in [1.54, 1.807) is 0 Å². The molecule has 0 bridgehead atoms. The van der Waals surface area contributed by atoms with Gasteiger partial charge in [-0.1, -0.05) is 31.2 Å². The maximum Gasteiger partial charge on any atom is 0.0991 e. The molecule has 0 unspecified atom stereocenters. The Kier molecular flexibility index (Phi) is 3.96. The molecule has 0 aromatic heterocycles. The van der Waals surface area contributed by atoms with Gasteiger partial charge in [-0.15, -0.1) is 0 Å². The molecule has 0 amide bonds. The van der Waals surface area contributed by atoms with Crippen LogP contribution in [0.5, 0.6) is 0 Å². The van der Waals surface area contributed by atoms with Crippen LogP contribution < -0.4 is 0 Å². The summed E-state index contributed by atoms with van der Waals surface area (Å²) in [6, 6.07) is 19.7. The summed E-state index contributed by atoms with van der Waals surface area (Å²) in [5.74, 6) is 0.306. The molecule has 0 aliphatic heterocycles. The molecule has 2 rings (SSSR count). The maximum atomic E-state index is 8.82. The number of nitrogens with zero attached hydrogens (tertiary/aromatic N) is 2. The van der Waals surface area contributed by atoms with Crippen molar-refractivity contribution < 1.29 is 0 Å². The van der Waals surface area contributed by atoms with E-state index < -0.39 is 0 Å². The number of hydrogen-bond donors (Lipinski definition) is 0. The van der Waals surface area contributed by atoms with Crippen LogP contribution in [-0.2, 0) is 0 Å². The van der Waals surface area contributed by atoms with Gasteiger partial charge in [-0.25, -0.2) is 0 Å². The molecule has 0 aliphatic rings. The quantitative estimate of drug-likeness (QED) is 0.822. The molecule has 2 aromatic rings. The fourth-order valence-corrected chi connectivity index (χ4v) is 2.24. The molecule has 92 valence electrons. The highest BCUT2D eigenvalue weighted by atomic mass is 14.2. The SMILES string of the molecule is CCC(c1ccc(C#N)cc1)c1ccc(C#N)cc1. The van der Waals surface area contributed by atoms with Gasteiger partial charge < -0.3 is 0 Å². The van der Waals surface area contributed by atoms with Gasteiger partial charge in [0.1, 0.15) is 0 Å². The third-order valence-electron chi connectivity index (χ3n) is 3.29. The van der Waals surface area contributed by atoms with E-state index in [0.29, 0.717) is 17.0 Å². The summed E-state index contributed by atoms with van der Waals surface area (Å²) in [5.41, 5.74) is 3.76. The lowest BCUT2D eigenvalue weighted by molar-refractivity contribution is 0.777. The molecule has 0 radical (unpaired) electrons. The van der Waals surface area contributed by atoms with Gasteiger partial charge in [-0.3, -0.25) is 0 Å². The third kappa shape index (κ3) is 2.81. The Morgan fingerprint density at radius 1 is 0.789 bits per heavy atom. The molecule has 0 aliphatic carbocycles. The van der Waals surface area contributed by atoms with Crippen molar-refractivity contribution in [2.75, 3.05) is 0 Å². The highest BCUT2D eigenvalue weighted by molar-refractivity contribution is 5.40. The molecule has 2 nitrogen and oxygen atoms in total. The predicted octanol–water partition coefficient (Wildman–Crippen LogP) is 3.97. The smallest absolute Gasteiger partial charge is 0.0991 e. The van der Waals surface area contributed by atoms with Crippen molar-refractivity contribution in [3.05, 3.63) is 70.8 Å². The summed E-state index contributed by atoms with van der Waals surface area (Å²) in [7, 11) is 0. The minimum Gasteiger partial charge on any atom is -0.192 e. The average Bonchev–Trinajstić information content (AvgIpc) is 2.49. The van der Waals surface area contributed by atoms with Crippen molar-refractivity contribution in [2.24, 2.45) is 0 Å². The topological polar surface area (TPSA) is 47.6 Å². The molecule has 0 heterocycles. The van der Waals surface area contributed by atoms with Crippen LogP contribution in [-0.4, -0.2) is 0 Å². The Bertz CT molecular complexity index is 567. The molecule has 0 saturated carbocycles. The minimum atomic E-state index is 0.306. The number of nitriles is 2. The van der Waals surface area contributed by atoms with Crippen molar-refractivity contribution in [2.45, 2.75) is 19.3 Å². The molecule has 0 saturated heterocycles. The van der Waals surface area contributed by atoms with Gasteiger partial charge in [-0.2, -0.15) is 10.5 Å². The zero-order valence-electron chi connectivity index (χ0n) is 10.8. The molecule has 0 atom stereocenters. The molecule has 19 heavy (non-hydrogen) atoms. The van der Waals surface area contributed by atoms with Gasteiger partial charge in [0.05, 0.1) is 23.3 Å². The van der Waals surface area contributed by atoms with Crippen molar-refractivity contribution >= 4 is 0 Å². The first-order valence-electron chi connectivity index (χ1n) is 6.28. The second-order valence-corrected chi connectivity index (χ2v) is 4.43. The second kappa shape index (κ2) is 5.85. The van der Waals surface area contributed by atoms with Crippen molar-refractivity contribution in [3.63, 3.8) is 0 Å². The van der Waals surface area contributed by atoms with Crippen LogP contribution >= 0.6 is 0 Å². The average molecular weight is 246 g/mol. The summed E-state index contributed by atoms with van der Waals surface area (Å²) in [6.45, 7) is 2.14. The van der Waals surface area contributed by atoms with Gasteiger partial charge >= 0.3 is 0 Å². The van der Waals surface area contributed by atoms with Gasteiger partial charge in [0, 0.05) is 5.92 Å². The highest BCUT2D eigenvalue weighted by Crippen LogP contribution is 2.28. The summed E-state index contributed by atoms with van der Waals surface area (Å²) in [5, 5.41) is 17.6. The van der Waals surface area contributed by atoms with Crippen LogP contribution in [0, 0.1) is 22.7 Å². The molecule has 0 N–H and O–H groups in total. The molecular weight excluding hydrogens is 232 g/mol. The molecule has 2 heteroatoms. The van der Waals surface area contributed by atoms with E-state index in [-0.39, 0.29) is 0 Å². The summed E-state index contributed by atoms with van der Waals surface area (Å²) < 4.78 is 0. The molecule has 2 aromatic carbocycles. The fourth-order valence-electron chi connectivity index (χ4n) is 2.24. The summed E-state index contributed by atoms with van der Waals surface area (Å²) >= 11 is 0. The normalized spacial score (nSPS) is 9.89. The van der Waals surface area contributed by atoms with Gasteiger partial charge in [0.2, 0.25) is 0 Å². The number of hydrogen-bond acceptors (Lipinski definition) is 2. The largest absolute Gasteiger partial charge is 0.192 e. The number of benzene rings is 2. The van der Waals surface area contributed by atoms with E-state index in [4.69, 9.17) is 10.5 Å². The highest BCUT2D eigenvalue weighted by Gasteiger charge is 2.11. The van der Waals surface area contributed by atoms with Crippen LogP contribution in [0.15, 0.2) is 48.5 Å². The van der Waals surface area contributed by atoms with Crippen molar-refractivity contribution in [3.8, 4) is 12.1 Å². The van der Waals surface area contributed by atoms with Crippen molar-refractivity contribution in [1.29, 1.82) is 10.5 Å². The van der Waals surface area contributed by atoms with Gasteiger partial charge in [0.25, 0.3) is 0 Å². The Hall–Kier alpha value is -2.58. The lowest BCUT2D eigenvalue weighted by Crippen LogP contribution is -1.99. The first kappa shape index (κ1) is 12.9. The van der Waals surface area contributed by atoms with E-state index in [1.807, 2.05) is 48.5 Å². The Morgan fingerprint density at radius 3 is 1.42 bits per heavy atom. The summed E-state index contributed by atoms with van der Waals surface area (Å²) in [4.78, 5) is 0. The fraction of sp³-hybridized carbons (Fsp3) is 0.176. The molecule has 0 spiro atoms. The van der Waals surface area contributed by atoms with E-state index in [9.17, 15) is 0 Å². The van der Waals surface area contributed by atoms with Crippen LogP contribution in [0.25, 0.3) is 0 Å². The Balaban J connectivity index is 2.33. The Labute approximate surface area is 113 Å². The van der Waals surface area contributed by atoms with Crippen LogP contribution in [0.3, 0.4) is 0 Å². The number of rotatable bonds is 3. The first-order valence-corrected chi connectivity index (χ1v) is 6.28. The van der Waals surface area contributed by atoms with Gasteiger partial charge in [-0.05, 0) is 41.8 Å². The van der Waals surface area contributed by atoms with Crippen LogP contribution in [0.2, 0.25) is 0 Å². The molecule has 0 fully saturated rings. The van der Waals surface area contributed by atoms with Crippen LogP contribution in [0.1, 0.15) is 41.5 Å². The van der Waals surface area contributed by atoms with E-state index in [0.717, 1.165) is 6.42 Å². The van der Waals surface area contributed by atoms with Crippen LogP contribution in [0.4, 0.5) is 0 Å². The zero-order valence-corrected chi connectivity index (χ0v) is 10.8. The lowest BCUT2D eigenvalue weighted by atomic mass is 9.88. The Morgan fingerprint density at radius 2 is 1.16 bits per heavy atom. The lowest BCUT2D eigenvalue weighted by Gasteiger charge is -2.16. The predicted molar refractivity (Wildman–Crippen MR) is 74.4 cm³/mol. The van der Waals surface area contributed by atoms with E-state index in [1.165, 1.54) is 11.1 Å². The van der Waals surface area contributed by atoms with E-state index in [2.05, 4.69) is 19.1 Å². The second-order valence-electron chi connectivity index (χ2n) is 4.43.